The summed E-state index contributed by atoms with van der Waals surface area (Å²) in [5.74, 6) is -0.296. The van der Waals surface area contributed by atoms with Crippen molar-refractivity contribution in [3.05, 3.63) is 16.4 Å². The highest BCUT2D eigenvalue weighted by molar-refractivity contribution is 5.48. The van der Waals surface area contributed by atoms with E-state index in [4.69, 9.17) is 15.2 Å². The fourth-order valence-corrected chi connectivity index (χ4v) is 1.01. The lowest BCUT2D eigenvalue weighted by atomic mass is 10.1. The molecule has 1 rings (SSSR count). The summed E-state index contributed by atoms with van der Waals surface area (Å²) in [4.78, 5) is 17.5. The van der Waals surface area contributed by atoms with Gasteiger partial charge in [-0.1, -0.05) is 0 Å². The van der Waals surface area contributed by atoms with E-state index in [1.807, 2.05) is 0 Å². The molecule has 0 bridgehead atoms. The maximum atomic E-state index is 10.9. The number of nitrogens with zero attached hydrogens (tertiary/aromatic N) is 3. The van der Waals surface area contributed by atoms with Crippen LogP contribution < -0.4 is 15.2 Å². The molecule has 1 heterocycles. The molecule has 1 aromatic rings. The van der Waals surface area contributed by atoms with Gasteiger partial charge in [0.1, 0.15) is 12.9 Å². The number of nitro groups is 1. The zero-order valence-electron chi connectivity index (χ0n) is 9.84. The summed E-state index contributed by atoms with van der Waals surface area (Å²) in [5, 5.41) is 10.9. The van der Waals surface area contributed by atoms with Crippen molar-refractivity contribution in [1.82, 2.24) is 9.97 Å². The number of ether oxygens (including phenoxy) is 2. The number of hydrogen-bond acceptors (Lipinski definition) is 7. The third-order valence-corrected chi connectivity index (χ3v) is 1.71. The van der Waals surface area contributed by atoms with Crippen molar-refractivity contribution in [2.45, 2.75) is 19.4 Å². The van der Waals surface area contributed by atoms with Crippen LogP contribution in [0.4, 0.5) is 5.69 Å². The van der Waals surface area contributed by atoms with Gasteiger partial charge in [-0.15, -0.1) is 0 Å². The molecular formula is C9H14N4O4. The van der Waals surface area contributed by atoms with Crippen LogP contribution in [0.15, 0.2) is 6.33 Å². The summed E-state index contributed by atoms with van der Waals surface area (Å²) in [5.41, 5.74) is 4.69. The van der Waals surface area contributed by atoms with Gasteiger partial charge in [-0.25, -0.2) is 0 Å². The molecule has 0 aliphatic carbocycles. The molecule has 0 radical (unpaired) electrons. The van der Waals surface area contributed by atoms with E-state index in [1.54, 1.807) is 13.8 Å². The van der Waals surface area contributed by atoms with Gasteiger partial charge in [-0.05, 0) is 13.8 Å². The van der Waals surface area contributed by atoms with E-state index in [0.29, 0.717) is 0 Å². The molecule has 1 aromatic heterocycles. The monoisotopic (exact) mass is 242 g/mol. The zero-order chi connectivity index (χ0) is 13.1. The van der Waals surface area contributed by atoms with Crippen LogP contribution in [0.5, 0.6) is 11.8 Å². The van der Waals surface area contributed by atoms with Crippen molar-refractivity contribution in [2.24, 2.45) is 5.73 Å². The van der Waals surface area contributed by atoms with Crippen molar-refractivity contribution < 1.29 is 14.4 Å². The minimum Gasteiger partial charge on any atom is -0.476 e. The lowest BCUT2D eigenvalue weighted by molar-refractivity contribution is -0.387. The zero-order valence-corrected chi connectivity index (χ0v) is 9.84. The van der Waals surface area contributed by atoms with Crippen LogP contribution in [-0.4, -0.2) is 34.1 Å². The maximum Gasteiger partial charge on any atom is 0.392 e. The van der Waals surface area contributed by atoms with Gasteiger partial charge < -0.3 is 15.2 Å². The van der Waals surface area contributed by atoms with E-state index < -0.39 is 16.1 Å². The molecule has 0 saturated heterocycles. The molecule has 0 aromatic carbocycles. The summed E-state index contributed by atoms with van der Waals surface area (Å²) in [6, 6.07) is 0. The molecule has 0 aliphatic heterocycles. The molecule has 0 spiro atoms. The molecule has 0 saturated carbocycles. The van der Waals surface area contributed by atoms with Crippen LogP contribution in [0.3, 0.4) is 0 Å². The average molecular weight is 242 g/mol. The van der Waals surface area contributed by atoms with Gasteiger partial charge in [0, 0.05) is 5.54 Å². The minimum absolute atomic E-state index is 0.0913. The second-order valence-electron chi connectivity index (χ2n) is 4.07. The molecule has 17 heavy (non-hydrogen) atoms. The molecule has 2 N–H and O–H groups in total. The van der Waals surface area contributed by atoms with E-state index in [0.717, 1.165) is 6.33 Å². The fraction of sp³-hybridized carbons (Fsp3) is 0.556. The molecule has 8 heteroatoms. The molecule has 0 fully saturated rings. The third-order valence-electron chi connectivity index (χ3n) is 1.71. The van der Waals surface area contributed by atoms with Gasteiger partial charge in [-0.2, -0.15) is 9.97 Å². The van der Waals surface area contributed by atoms with Gasteiger partial charge in [0.2, 0.25) is 0 Å². The Balaban J connectivity index is 3.02. The third kappa shape index (κ3) is 3.52. The van der Waals surface area contributed by atoms with Gasteiger partial charge in [0.05, 0.1) is 12.0 Å². The van der Waals surface area contributed by atoms with Crippen LogP contribution in [-0.2, 0) is 0 Å². The summed E-state index contributed by atoms with van der Waals surface area (Å²) in [6.45, 7) is 3.56. The first-order valence-electron chi connectivity index (χ1n) is 4.80. The van der Waals surface area contributed by atoms with E-state index in [9.17, 15) is 10.1 Å². The Kier molecular flexibility index (Phi) is 3.79. The van der Waals surface area contributed by atoms with Crippen molar-refractivity contribution in [3.63, 3.8) is 0 Å². The van der Waals surface area contributed by atoms with E-state index >= 15 is 0 Å². The van der Waals surface area contributed by atoms with Crippen molar-refractivity contribution in [2.75, 3.05) is 13.7 Å². The second kappa shape index (κ2) is 4.91. The highest BCUT2D eigenvalue weighted by atomic mass is 16.6. The molecule has 8 nitrogen and oxygen atoms in total. The first-order valence-corrected chi connectivity index (χ1v) is 4.80. The molecule has 0 atom stereocenters. The maximum absolute atomic E-state index is 10.9. The molecule has 0 unspecified atom stereocenters. The van der Waals surface area contributed by atoms with Gasteiger partial charge in [0.25, 0.3) is 0 Å². The van der Waals surface area contributed by atoms with Crippen molar-refractivity contribution >= 4 is 5.69 Å². The Labute approximate surface area is 97.9 Å². The normalized spacial score (nSPS) is 11.1. The fourth-order valence-electron chi connectivity index (χ4n) is 1.01. The van der Waals surface area contributed by atoms with E-state index in [-0.39, 0.29) is 18.4 Å². The first kappa shape index (κ1) is 13.1. The number of rotatable bonds is 5. The van der Waals surface area contributed by atoms with Gasteiger partial charge in [-0.3, -0.25) is 10.1 Å². The quantitative estimate of drug-likeness (QED) is 0.591. The highest BCUT2D eigenvalue weighted by Crippen LogP contribution is 2.32. The van der Waals surface area contributed by atoms with E-state index in [2.05, 4.69) is 9.97 Å². The first-order chi connectivity index (χ1) is 7.85. The second-order valence-corrected chi connectivity index (χ2v) is 4.07. The van der Waals surface area contributed by atoms with Crippen molar-refractivity contribution in [1.29, 1.82) is 0 Å². The van der Waals surface area contributed by atoms with Gasteiger partial charge in [0.15, 0.2) is 0 Å². The molecule has 94 valence electrons. The Bertz CT molecular complexity index is 416. The van der Waals surface area contributed by atoms with Crippen LogP contribution in [0, 0.1) is 10.1 Å². The number of methoxy groups -OCH3 is 1. The summed E-state index contributed by atoms with van der Waals surface area (Å²) in [7, 11) is 1.28. The highest BCUT2D eigenvalue weighted by Gasteiger charge is 2.26. The largest absolute Gasteiger partial charge is 0.476 e. The van der Waals surface area contributed by atoms with Gasteiger partial charge >= 0.3 is 17.4 Å². The number of aromatic nitrogens is 2. The number of hydrogen-bond donors (Lipinski definition) is 1. The predicted octanol–water partition coefficient (Wildman–Crippen LogP) is 0.510. The van der Waals surface area contributed by atoms with E-state index in [1.165, 1.54) is 7.11 Å². The summed E-state index contributed by atoms with van der Waals surface area (Å²) >= 11 is 0. The molecule has 0 aliphatic rings. The van der Waals surface area contributed by atoms with Crippen LogP contribution in [0.25, 0.3) is 0 Å². The lowest BCUT2D eigenvalue weighted by Gasteiger charge is -2.18. The summed E-state index contributed by atoms with van der Waals surface area (Å²) < 4.78 is 9.98. The topological polar surface area (TPSA) is 113 Å². The smallest absolute Gasteiger partial charge is 0.392 e. The van der Waals surface area contributed by atoms with Crippen LogP contribution >= 0.6 is 0 Å². The Hall–Kier alpha value is -1.96. The number of nitrogens with two attached hydrogens (primary N) is 1. The predicted molar refractivity (Wildman–Crippen MR) is 59.0 cm³/mol. The standard InChI is InChI=1S/C9H14N4O4/c1-9(2,10)4-17-8-6(13(14)15)7(16-3)11-5-12-8/h5H,4,10H2,1-3H3. The molecular weight excluding hydrogens is 228 g/mol. The lowest BCUT2D eigenvalue weighted by Crippen LogP contribution is -2.38. The molecule has 0 amide bonds. The van der Waals surface area contributed by atoms with Crippen molar-refractivity contribution in [3.8, 4) is 11.8 Å². The van der Waals surface area contributed by atoms with Crippen LogP contribution in [0.1, 0.15) is 13.8 Å². The van der Waals surface area contributed by atoms with Crippen LogP contribution in [0.2, 0.25) is 0 Å². The minimum atomic E-state index is -0.655. The SMILES string of the molecule is COc1ncnc(OCC(C)(C)N)c1[N+](=O)[O-]. The Morgan fingerprint density at radius 3 is 2.53 bits per heavy atom. The summed E-state index contributed by atoms with van der Waals surface area (Å²) in [6.07, 6.45) is 1.13. The Morgan fingerprint density at radius 2 is 2.06 bits per heavy atom. The Morgan fingerprint density at radius 1 is 1.47 bits per heavy atom. The average Bonchev–Trinajstić information content (AvgIpc) is 2.24.